The predicted molar refractivity (Wildman–Crippen MR) is 134 cm³/mol. The largest absolute Gasteiger partial charge is 0.445 e. The number of nitrogens with one attached hydrogen (secondary N) is 3. The number of fused-ring (bicyclic) bond motifs is 2. The lowest BCUT2D eigenvalue weighted by atomic mass is 10.0. The molecule has 0 bridgehead atoms. The van der Waals surface area contributed by atoms with E-state index in [1.807, 2.05) is 85.1 Å². The Kier molecular flexibility index (Phi) is 6.22. The zero-order valence-corrected chi connectivity index (χ0v) is 19.0. The summed E-state index contributed by atoms with van der Waals surface area (Å²) in [7, 11) is 0. The molecule has 2 amide bonds. The number of ether oxygens (including phenoxy) is 1. The Bertz CT molecular complexity index is 1410. The Morgan fingerprint density at radius 1 is 0.971 bits per heavy atom. The van der Waals surface area contributed by atoms with E-state index in [1.165, 1.54) is 11.3 Å². The number of anilines is 1. The van der Waals surface area contributed by atoms with Crippen LogP contribution in [0.1, 0.15) is 11.1 Å². The normalized spacial score (nSPS) is 11.9. The van der Waals surface area contributed by atoms with Crippen LogP contribution in [0.3, 0.4) is 0 Å². The molecule has 0 spiro atoms. The van der Waals surface area contributed by atoms with Crippen LogP contribution in [0.4, 0.5) is 9.93 Å². The summed E-state index contributed by atoms with van der Waals surface area (Å²) in [5.41, 5.74) is 3.56. The number of hydrogen-bond donors (Lipinski definition) is 3. The molecule has 8 heteroatoms. The molecule has 5 rings (SSSR count). The molecule has 170 valence electrons. The van der Waals surface area contributed by atoms with Crippen LogP contribution in [-0.4, -0.2) is 28.0 Å². The van der Waals surface area contributed by atoms with Gasteiger partial charge in [-0.05, 0) is 29.3 Å². The van der Waals surface area contributed by atoms with E-state index < -0.39 is 12.1 Å². The summed E-state index contributed by atoms with van der Waals surface area (Å²) in [4.78, 5) is 33.5. The Morgan fingerprint density at radius 3 is 2.59 bits per heavy atom. The quantitative estimate of drug-likeness (QED) is 0.303. The van der Waals surface area contributed by atoms with E-state index in [1.54, 1.807) is 0 Å². The SMILES string of the molecule is O=C(N[C@@H](Cc1c[nH]c2ccccc12)C(=O)Nc1nc2ccccc2s1)OCc1ccccc1. The van der Waals surface area contributed by atoms with E-state index >= 15 is 0 Å². The highest BCUT2D eigenvalue weighted by Gasteiger charge is 2.24. The molecule has 0 saturated heterocycles. The van der Waals surface area contributed by atoms with Crippen LogP contribution in [0.5, 0.6) is 0 Å². The summed E-state index contributed by atoms with van der Waals surface area (Å²) in [5.74, 6) is -0.360. The van der Waals surface area contributed by atoms with Gasteiger partial charge < -0.3 is 20.4 Å². The molecular formula is C26H22N4O3S. The van der Waals surface area contributed by atoms with Crippen LogP contribution in [0, 0.1) is 0 Å². The molecule has 7 nitrogen and oxygen atoms in total. The molecule has 0 saturated carbocycles. The number of benzene rings is 3. The van der Waals surface area contributed by atoms with Crippen LogP contribution < -0.4 is 10.6 Å². The maximum atomic E-state index is 13.2. The van der Waals surface area contributed by atoms with E-state index in [-0.39, 0.29) is 12.5 Å². The smallest absolute Gasteiger partial charge is 0.408 e. The molecule has 2 aromatic heterocycles. The van der Waals surface area contributed by atoms with Crippen molar-refractivity contribution in [3.05, 3.63) is 96.2 Å². The maximum absolute atomic E-state index is 13.2. The number of carbonyl (C=O) groups excluding carboxylic acids is 2. The first kappa shape index (κ1) is 21.7. The lowest BCUT2D eigenvalue weighted by Crippen LogP contribution is -2.45. The van der Waals surface area contributed by atoms with E-state index in [4.69, 9.17) is 4.74 Å². The average Bonchev–Trinajstić information content (AvgIpc) is 3.46. The molecule has 5 aromatic rings. The summed E-state index contributed by atoms with van der Waals surface area (Å²) in [6, 6.07) is 24.0. The lowest BCUT2D eigenvalue weighted by Gasteiger charge is -2.17. The number of H-pyrrole nitrogens is 1. The van der Waals surface area contributed by atoms with Crippen LogP contribution in [-0.2, 0) is 22.6 Å². The fourth-order valence-corrected chi connectivity index (χ4v) is 4.62. The third-order valence-corrected chi connectivity index (χ3v) is 6.40. The number of rotatable bonds is 7. The first-order valence-electron chi connectivity index (χ1n) is 10.8. The van der Waals surface area contributed by atoms with Gasteiger partial charge in [0.2, 0.25) is 5.91 Å². The minimum atomic E-state index is -0.852. The summed E-state index contributed by atoms with van der Waals surface area (Å²) < 4.78 is 6.34. The lowest BCUT2D eigenvalue weighted by molar-refractivity contribution is -0.118. The van der Waals surface area contributed by atoms with Crippen molar-refractivity contribution in [2.75, 3.05) is 5.32 Å². The van der Waals surface area contributed by atoms with Crippen LogP contribution >= 0.6 is 11.3 Å². The molecule has 0 aliphatic rings. The fourth-order valence-electron chi connectivity index (χ4n) is 3.75. The molecule has 3 N–H and O–H groups in total. The third-order valence-electron chi connectivity index (χ3n) is 5.44. The molecule has 1 atom stereocenters. The molecule has 0 radical (unpaired) electrons. The van der Waals surface area contributed by atoms with Gasteiger partial charge in [-0.3, -0.25) is 4.79 Å². The van der Waals surface area contributed by atoms with E-state index in [2.05, 4.69) is 20.6 Å². The van der Waals surface area contributed by atoms with Crippen molar-refractivity contribution in [3.8, 4) is 0 Å². The number of nitrogens with zero attached hydrogens (tertiary/aromatic N) is 1. The summed E-state index contributed by atoms with van der Waals surface area (Å²) in [5, 5.41) is 7.07. The van der Waals surface area contributed by atoms with Crippen molar-refractivity contribution in [1.82, 2.24) is 15.3 Å². The van der Waals surface area contributed by atoms with Crippen molar-refractivity contribution < 1.29 is 14.3 Å². The fraction of sp³-hybridized carbons (Fsp3) is 0.115. The molecular weight excluding hydrogens is 448 g/mol. The van der Waals surface area contributed by atoms with Crippen LogP contribution in [0.25, 0.3) is 21.1 Å². The van der Waals surface area contributed by atoms with Gasteiger partial charge in [0.1, 0.15) is 12.6 Å². The second kappa shape index (κ2) is 9.76. The summed E-state index contributed by atoms with van der Waals surface area (Å²) in [6.07, 6.45) is 1.49. The van der Waals surface area contributed by atoms with Gasteiger partial charge in [0.25, 0.3) is 0 Å². The number of aromatic amines is 1. The molecule has 0 fully saturated rings. The number of para-hydroxylation sites is 2. The zero-order chi connectivity index (χ0) is 23.3. The molecule has 0 unspecified atom stereocenters. The van der Waals surface area contributed by atoms with Crippen molar-refractivity contribution in [2.24, 2.45) is 0 Å². The van der Waals surface area contributed by atoms with Crippen LogP contribution in [0.2, 0.25) is 0 Å². The first-order valence-corrected chi connectivity index (χ1v) is 11.7. The number of hydrogen-bond acceptors (Lipinski definition) is 5. The van der Waals surface area contributed by atoms with Gasteiger partial charge in [-0.2, -0.15) is 0 Å². The second-order valence-electron chi connectivity index (χ2n) is 7.80. The standard InChI is InChI=1S/C26H22N4O3S/c31-24(30-25-28-21-12-6-7-13-23(21)34-25)22(14-18-15-27-20-11-5-4-10-19(18)20)29-26(32)33-16-17-8-2-1-3-9-17/h1-13,15,22,27H,14,16H2,(H,29,32)(H,28,30,31)/t22-/m0/s1. The van der Waals surface area contributed by atoms with E-state index in [0.717, 1.165) is 32.2 Å². The van der Waals surface area contributed by atoms with E-state index in [9.17, 15) is 9.59 Å². The molecule has 0 aliphatic heterocycles. The molecule has 34 heavy (non-hydrogen) atoms. The Morgan fingerprint density at radius 2 is 1.74 bits per heavy atom. The van der Waals surface area contributed by atoms with Gasteiger partial charge >= 0.3 is 6.09 Å². The number of carbonyl (C=O) groups is 2. The number of amides is 2. The number of aromatic nitrogens is 2. The maximum Gasteiger partial charge on any atom is 0.408 e. The summed E-state index contributed by atoms with van der Waals surface area (Å²) >= 11 is 1.39. The Balaban J connectivity index is 1.34. The third kappa shape index (κ3) is 4.92. The van der Waals surface area contributed by atoms with Crippen molar-refractivity contribution in [1.29, 1.82) is 0 Å². The van der Waals surface area contributed by atoms with Crippen molar-refractivity contribution >= 4 is 49.6 Å². The van der Waals surface area contributed by atoms with E-state index in [0.29, 0.717) is 11.6 Å². The van der Waals surface area contributed by atoms with Gasteiger partial charge in [-0.25, -0.2) is 9.78 Å². The molecule has 0 aliphatic carbocycles. The second-order valence-corrected chi connectivity index (χ2v) is 8.83. The topological polar surface area (TPSA) is 96.1 Å². The van der Waals surface area contributed by atoms with Gasteiger partial charge in [-0.1, -0.05) is 72.0 Å². The van der Waals surface area contributed by atoms with Gasteiger partial charge in [0, 0.05) is 23.5 Å². The zero-order valence-electron chi connectivity index (χ0n) is 18.2. The minimum absolute atomic E-state index is 0.117. The highest BCUT2D eigenvalue weighted by molar-refractivity contribution is 7.22. The Hall–Kier alpha value is -4.17. The monoisotopic (exact) mass is 470 g/mol. The highest BCUT2D eigenvalue weighted by Crippen LogP contribution is 2.26. The van der Waals surface area contributed by atoms with Crippen molar-refractivity contribution in [3.63, 3.8) is 0 Å². The molecule has 2 heterocycles. The first-order chi connectivity index (χ1) is 16.7. The van der Waals surface area contributed by atoms with Crippen LogP contribution in [0.15, 0.2) is 85.1 Å². The number of alkyl carbamates (subject to hydrolysis) is 1. The predicted octanol–water partition coefficient (Wildman–Crippen LogP) is 5.25. The average molecular weight is 471 g/mol. The minimum Gasteiger partial charge on any atom is -0.445 e. The molecule has 3 aromatic carbocycles. The van der Waals surface area contributed by atoms with Gasteiger partial charge in [0.15, 0.2) is 5.13 Å². The number of thiazole rings is 1. The van der Waals surface area contributed by atoms with Gasteiger partial charge in [0.05, 0.1) is 10.2 Å². The summed E-state index contributed by atoms with van der Waals surface area (Å²) in [6.45, 7) is 0.117. The Labute approximate surface area is 199 Å². The van der Waals surface area contributed by atoms with Crippen molar-refractivity contribution in [2.45, 2.75) is 19.1 Å². The van der Waals surface area contributed by atoms with Gasteiger partial charge in [-0.15, -0.1) is 0 Å². The highest BCUT2D eigenvalue weighted by atomic mass is 32.1.